The van der Waals surface area contributed by atoms with Gasteiger partial charge in [0, 0.05) is 18.9 Å². The maximum Gasteiger partial charge on any atom is 0.0945 e. The van der Waals surface area contributed by atoms with Crippen LogP contribution >= 0.6 is 0 Å². The Morgan fingerprint density at radius 3 is 2.33 bits per heavy atom. The third kappa shape index (κ3) is 3.38. The molecule has 0 aliphatic heterocycles. The van der Waals surface area contributed by atoms with Gasteiger partial charge in [0.2, 0.25) is 0 Å². The van der Waals surface area contributed by atoms with Gasteiger partial charge in [-0.3, -0.25) is 0 Å². The number of aryl methyl sites for hydroxylation is 1. The maximum atomic E-state index is 10.2. The van der Waals surface area contributed by atoms with Gasteiger partial charge < -0.3 is 9.67 Å². The molecule has 1 atom stereocenters. The molecule has 1 heterocycles. The molecule has 3 nitrogen and oxygen atoms in total. The van der Waals surface area contributed by atoms with Crippen LogP contribution in [0, 0.1) is 0 Å². The summed E-state index contributed by atoms with van der Waals surface area (Å²) in [5.41, 5.74) is 3.31. The van der Waals surface area contributed by atoms with Crippen molar-refractivity contribution in [3.63, 3.8) is 0 Å². The fourth-order valence-corrected chi connectivity index (χ4v) is 2.39. The number of hydrogen-bond acceptors (Lipinski definition) is 2. The lowest BCUT2D eigenvalue weighted by Gasteiger charge is -2.12. The third-order valence-corrected chi connectivity index (χ3v) is 3.62. The number of nitrogens with zero attached hydrogens (tertiary/aromatic N) is 2. The molecular weight excluding hydrogens is 260 g/mol. The van der Waals surface area contributed by atoms with Gasteiger partial charge in [0.1, 0.15) is 0 Å². The van der Waals surface area contributed by atoms with Crippen molar-refractivity contribution >= 4 is 0 Å². The summed E-state index contributed by atoms with van der Waals surface area (Å²) in [6.45, 7) is 0.765. The predicted molar refractivity (Wildman–Crippen MR) is 83.7 cm³/mol. The minimum atomic E-state index is -0.447. The number of rotatable bonds is 5. The monoisotopic (exact) mass is 278 g/mol. The Labute approximate surface area is 124 Å². The highest BCUT2D eigenvalue weighted by atomic mass is 16.3. The zero-order valence-electron chi connectivity index (χ0n) is 11.8. The first-order valence-electron chi connectivity index (χ1n) is 7.12. The van der Waals surface area contributed by atoms with Crippen LogP contribution in [0.1, 0.15) is 18.1 Å². The van der Waals surface area contributed by atoms with E-state index in [9.17, 15) is 5.11 Å². The third-order valence-electron chi connectivity index (χ3n) is 3.62. The standard InChI is InChI=1S/C18H18N2O/c21-18(10-12-20-13-11-19-14-20)17-8-6-16(7-9-17)15-4-2-1-3-5-15/h1-9,11,13-14,18,21H,10,12H2. The fourth-order valence-electron chi connectivity index (χ4n) is 2.39. The van der Waals surface area contributed by atoms with Gasteiger partial charge in [0.25, 0.3) is 0 Å². The van der Waals surface area contributed by atoms with Crippen LogP contribution < -0.4 is 0 Å². The number of aliphatic hydroxyl groups excluding tert-OH is 1. The molecule has 1 unspecified atom stereocenters. The van der Waals surface area contributed by atoms with Crippen LogP contribution in [0.4, 0.5) is 0 Å². The number of hydrogen-bond donors (Lipinski definition) is 1. The van der Waals surface area contributed by atoms with Crippen LogP contribution in [0.2, 0.25) is 0 Å². The predicted octanol–water partition coefficient (Wildman–Crippen LogP) is 3.67. The molecule has 0 aliphatic carbocycles. The van der Waals surface area contributed by atoms with E-state index in [2.05, 4.69) is 29.2 Å². The average Bonchev–Trinajstić information content (AvgIpc) is 3.07. The average molecular weight is 278 g/mol. The maximum absolute atomic E-state index is 10.2. The summed E-state index contributed by atoms with van der Waals surface area (Å²) in [6.07, 6.45) is 5.66. The molecule has 106 valence electrons. The molecular formula is C18H18N2O. The zero-order chi connectivity index (χ0) is 14.5. The van der Waals surface area contributed by atoms with Gasteiger partial charge in [-0.15, -0.1) is 0 Å². The van der Waals surface area contributed by atoms with Crippen molar-refractivity contribution in [2.24, 2.45) is 0 Å². The van der Waals surface area contributed by atoms with Gasteiger partial charge in [0.05, 0.1) is 12.4 Å². The van der Waals surface area contributed by atoms with E-state index < -0.39 is 6.10 Å². The normalized spacial score (nSPS) is 12.2. The summed E-state index contributed by atoms with van der Waals surface area (Å²) in [7, 11) is 0. The quantitative estimate of drug-likeness (QED) is 0.773. The largest absolute Gasteiger partial charge is 0.388 e. The Hall–Kier alpha value is -2.39. The van der Waals surface area contributed by atoms with Crippen LogP contribution in [0.25, 0.3) is 11.1 Å². The van der Waals surface area contributed by atoms with Crippen molar-refractivity contribution in [3.8, 4) is 11.1 Å². The van der Waals surface area contributed by atoms with Gasteiger partial charge in [-0.05, 0) is 23.1 Å². The lowest BCUT2D eigenvalue weighted by molar-refractivity contribution is 0.161. The molecule has 1 N–H and O–H groups in total. The number of benzene rings is 2. The summed E-state index contributed by atoms with van der Waals surface area (Å²) in [5, 5.41) is 10.2. The first-order chi connectivity index (χ1) is 10.3. The van der Waals surface area contributed by atoms with Crippen molar-refractivity contribution in [1.29, 1.82) is 0 Å². The minimum absolute atomic E-state index is 0.447. The first kappa shape index (κ1) is 13.6. The van der Waals surface area contributed by atoms with Gasteiger partial charge in [-0.2, -0.15) is 0 Å². The molecule has 0 radical (unpaired) electrons. The highest BCUT2D eigenvalue weighted by Crippen LogP contribution is 2.23. The van der Waals surface area contributed by atoms with Crippen LogP contribution in [0.5, 0.6) is 0 Å². The SMILES string of the molecule is OC(CCn1ccnc1)c1ccc(-c2ccccc2)cc1. The molecule has 21 heavy (non-hydrogen) atoms. The highest BCUT2D eigenvalue weighted by molar-refractivity contribution is 5.63. The fraction of sp³-hybridized carbons (Fsp3) is 0.167. The second-order valence-corrected chi connectivity index (χ2v) is 5.09. The molecule has 0 aliphatic rings. The molecule has 0 fully saturated rings. The number of aliphatic hydroxyl groups is 1. The van der Waals surface area contributed by atoms with E-state index >= 15 is 0 Å². The molecule has 3 rings (SSSR count). The minimum Gasteiger partial charge on any atom is -0.388 e. The number of imidazole rings is 1. The topological polar surface area (TPSA) is 38.0 Å². The molecule has 3 heteroatoms. The Balaban J connectivity index is 1.66. The second-order valence-electron chi connectivity index (χ2n) is 5.09. The highest BCUT2D eigenvalue weighted by Gasteiger charge is 2.08. The molecule has 0 saturated carbocycles. The van der Waals surface area contributed by atoms with Crippen molar-refractivity contribution < 1.29 is 5.11 Å². The van der Waals surface area contributed by atoms with E-state index in [4.69, 9.17) is 0 Å². The molecule has 0 spiro atoms. The van der Waals surface area contributed by atoms with Crippen LogP contribution in [0.15, 0.2) is 73.3 Å². The van der Waals surface area contributed by atoms with Crippen LogP contribution in [-0.4, -0.2) is 14.7 Å². The van der Waals surface area contributed by atoms with E-state index in [-0.39, 0.29) is 0 Å². The lowest BCUT2D eigenvalue weighted by Crippen LogP contribution is -2.03. The molecule has 2 aromatic carbocycles. The Morgan fingerprint density at radius 1 is 0.952 bits per heavy atom. The summed E-state index contributed by atoms with van der Waals surface area (Å²) in [5.74, 6) is 0. The Kier molecular flexibility index (Phi) is 4.12. The van der Waals surface area contributed by atoms with E-state index in [0.29, 0.717) is 6.42 Å². The van der Waals surface area contributed by atoms with E-state index in [0.717, 1.165) is 12.1 Å². The molecule has 3 aromatic rings. The van der Waals surface area contributed by atoms with Gasteiger partial charge >= 0.3 is 0 Å². The van der Waals surface area contributed by atoms with Crippen LogP contribution in [-0.2, 0) is 6.54 Å². The Morgan fingerprint density at radius 2 is 1.67 bits per heavy atom. The van der Waals surface area contributed by atoms with Crippen LogP contribution in [0.3, 0.4) is 0 Å². The second kappa shape index (κ2) is 6.37. The van der Waals surface area contributed by atoms with Gasteiger partial charge in [0.15, 0.2) is 0 Å². The molecule has 1 aromatic heterocycles. The van der Waals surface area contributed by atoms with Gasteiger partial charge in [-0.1, -0.05) is 54.6 Å². The van der Waals surface area contributed by atoms with Crippen molar-refractivity contribution in [2.45, 2.75) is 19.1 Å². The summed E-state index contributed by atoms with van der Waals surface area (Å²) in [6, 6.07) is 18.4. The number of aromatic nitrogens is 2. The molecule has 0 saturated heterocycles. The smallest absolute Gasteiger partial charge is 0.0945 e. The summed E-state index contributed by atoms with van der Waals surface area (Å²) >= 11 is 0. The van der Waals surface area contributed by atoms with Gasteiger partial charge in [-0.25, -0.2) is 4.98 Å². The van der Waals surface area contributed by atoms with Crippen molar-refractivity contribution in [1.82, 2.24) is 9.55 Å². The summed E-state index contributed by atoms with van der Waals surface area (Å²) in [4.78, 5) is 4.00. The molecule has 0 amide bonds. The van der Waals surface area contributed by atoms with E-state index in [1.54, 1.807) is 12.5 Å². The van der Waals surface area contributed by atoms with E-state index in [1.165, 1.54) is 11.1 Å². The van der Waals surface area contributed by atoms with Crippen molar-refractivity contribution in [3.05, 3.63) is 78.9 Å². The van der Waals surface area contributed by atoms with E-state index in [1.807, 2.05) is 41.1 Å². The Bertz CT molecular complexity index is 660. The lowest BCUT2D eigenvalue weighted by atomic mass is 10.0. The summed E-state index contributed by atoms with van der Waals surface area (Å²) < 4.78 is 1.97. The molecule has 0 bridgehead atoms. The van der Waals surface area contributed by atoms with Crippen molar-refractivity contribution in [2.75, 3.05) is 0 Å². The zero-order valence-corrected chi connectivity index (χ0v) is 11.8. The first-order valence-corrected chi connectivity index (χ1v) is 7.12.